The third kappa shape index (κ3) is 2.62. The fourth-order valence-electron chi connectivity index (χ4n) is 2.33. The molecule has 22 heavy (non-hydrogen) atoms. The van der Waals surface area contributed by atoms with Gasteiger partial charge in [-0.1, -0.05) is 15.9 Å². The maximum absolute atomic E-state index is 12.3. The molecule has 2 heterocycles. The summed E-state index contributed by atoms with van der Waals surface area (Å²) >= 11 is 3.37. The van der Waals surface area contributed by atoms with Crippen LogP contribution < -0.4 is 5.32 Å². The van der Waals surface area contributed by atoms with Crippen molar-refractivity contribution in [3.8, 4) is 0 Å². The number of rotatable bonds is 3. The molecule has 0 spiro atoms. The Morgan fingerprint density at radius 2 is 1.95 bits per heavy atom. The maximum Gasteiger partial charge on any atom is 0.276 e. The van der Waals surface area contributed by atoms with Crippen LogP contribution in [0.2, 0.25) is 0 Å². The molecule has 0 saturated heterocycles. The number of anilines is 1. The van der Waals surface area contributed by atoms with Crippen molar-refractivity contribution in [2.45, 2.75) is 18.8 Å². The number of hydrogen-bond donors (Lipinski definition) is 1. The predicted octanol–water partition coefficient (Wildman–Crippen LogP) is 3.62. The molecule has 3 aromatic rings. The molecule has 110 valence electrons. The number of carbonyl (C=O) groups excluding carboxylic acids is 1. The molecule has 2 aromatic heterocycles. The highest BCUT2D eigenvalue weighted by Gasteiger charge is 2.26. The largest absolute Gasteiger partial charge is 0.321 e. The van der Waals surface area contributed by atoms with E-state index < -0.39 is 0 Å². The van der Waals surface area contributed by atoms with Gasteiger partial charge in [0.15, 0.2) is 5.65 Å². The Labute approximate surface area is 135 Å². The number of benzene rings is 1. The van der Waals surface area contributed by atoms with Crippen molar-refractivity contribution >= 4 is 33.2 Å². The predicted molar refractivity (Wildman–Crippen MR) is 87.1 cm³/mol. The number of nitrogens with zero attached hydrogens (tertiary/aromatic N) is 3. The summed E-state index contributed by atoms with van der Waals surface area (Å²) in [4.78, 5) is 16.8. The van der Waals surface area contributed by atoms with Crippen LogP contribution in [0.5, 0.6) is 0 Å². The highest BCUT2D eigenvalue weighted by Crippen LogP contribution is 2.39. The van der Waals surface area contributed by atoms with Crippen LogP contribution in [0.1, 0.15) is 34.9 Å². The van der Waals surface area contributed by atoms with E-state index in [0.717, 1.165) is 21.5 Å². The van der Waals surface area contributed by atoms with Crippen LogP contribution in [0.15, 0.2) is 47.1 Å². The molecule has 1 aromatic carbocycles. The first-order chi connectivity index (χ1) is 10.7. The molecule has 1 amide bonds. The molecule has 1 N–H and O–H groups in total. The number of amides is 1. The molecule has 5 nitrogen and oxygen atoms in total. The van der Waals surface area contributed by atoms with E-state index in [2.05, 4.69) is 31.3 Å². The van der Waals surface area contributed by atoms with Gasteiger partial charge in [-0.3, -0.25) is 4.79 Å². The summed E-state index contributed by atoms with van der Waals surface area (Å²) in [6, 6.07) is 11.0. The van der Waals surface area contributed by atoms with Crippen molar-refractivity contribution in [1.29, 1.82) is 0 Å². The number of fused-ring (bicyclic) bond motifs is 1. The average Bonchev–Trinajstić information content (AvgIpc) is 3.28. The third-order valence-corrected chi connectivity index (χ3v) is 4.20. The van der Waals surface area contributed by atoms with Gasteiger partial charge in [0.2, 0.25) is 0 Å². The molecule has 0 atom stereocenters. The van der Waals surface area contributed by atoms with E-state index in [1.807, 2.05) is 36.5 Å². The maximum atomic E-state index is 12.3. The average molecular weight is 357 g/mol. The summed E-state index contributed by atoms with van der Waals surface area (Å²) in [6.45, 7) is 0. The second kappa shape index (κ2) is 5.21. The van der Waals surface area contributed by atoms with Gasteiger partial charge in [-0.15, -0.1) is 0 Å². The first-order valence-corrected chi connectivity index (χ1v) is 7.91. The van der Waals surface area contributed by atoms with Crippen molar-refractivity contribution in [3.05, 3.63) is 58.5 Å². The summed E-state index contributed by atoms with van der Waals surface area (Å²) in [6.07, 6.45) is 4.31. The van der Waals surface area contributed by atoms with Gasteiger partial charge in [-0.05, 0) is 49.2 Å². The fraction of sp³-hybridized carbons (Fsp3) is 0.188. The van der Waals surface area contributed by atoms with Crippen LogP contribution in [-0.4, -0.2) is 20.5 Å². The number of aromatic nitrogens is 3. The number of imidazole rings is 1. The van der Waals surface area contributed by atoms with E-state index in [1.54, 1.807) is 10.6 Å². The number of halogens is 1. The van der Waals surface area contributed by atoms with Crippen molar-refractivity contribution in [1.82, 2.24) is 14.6 Å². The molecule has 1 aliphatic carbocycles. The standard InChI is InChI=1S/C16H13BrN4O/c17-11-3-5-12(6-4-11)18-16(22)13-7-8-15-19-14(10-1-2-10)9-21(15)20-13/h3-10H,1-2H2,(H,18,22). The van der Waals surface area contributed by atoms with E-state index >= 15 is 0 Å². The Morgan fingerprint density at radius 3 is 2.68 bits per heavy atom. The molecular formula is C16H13BrN4O. The molecule has 1 aliphatic rings. The van der Waals surface area contributed by atoms with Crippen LogP contribution in [0.4, 0.5) is 5.69 Å². The molecular weight excluding hydrogens is 344 g/mol. The lowest BCUT2D eigenvalue weighted by molar-refractivity contribution is 0.102. The topological polar surface area (TPSA) is 59.3 Å². The van der Waals surface area contributed by atoms with Gasteiger partial charge in [0.1, 0.15) is 5.69 Å². The van der Waals surface area contributed by atoms with Crippen molar-refractivity contribution in [2.75, 3.05) is 5.32 Å². The lowest BCUT2D eigenvalue weighted by atomic mass is 10.3. The third-order valence-electron chi connectivity index (χ3n) is 3.67. The molecule has 1 fully saturated rings. The van der Waals surface area contributed by atoms with Crippen molar-refractivity contribution in [3.63, 3.8) is 0 Å². The molecule has 4 rings (SSSR count). The first-order valence-electron chi connectivity index (χ1n) is 7.12. The number of hydrogen-bond acceptors (Lipinski definition) is 3. The van der Waals surface area contributed by atoms with Crippen LogP contribution in [0.25, 0.3) is 5.65 Å². The van der Waals surface area contributed by atoms with E-state index in [0.29, 0.717) is 11.6 Å². The van der Waals surface area contributed by atoms with Crippen LogP contribution in [-0.2, 0) is 0 Å². The van der Waals surface area contributed by atoms with Crippen molar-refractivity contribution in [2.24, 2.45) is 0 Å². The summed E-state index contributed by atoms with van der Waals surface area (Å²) in [5.41, 5.74) is 2.95. The summed E-state index contributed by atoms with van der Waals surface area (Å²) in [5, 5.41) is 7.19. The fourth-order valence-corrected chi connectivity index (χ4v) is 2.59. The summed E-state index contributed by atoms with van der Waals surface area (Å²) in [7, 11) is 0. The van der Waals surface area contributed by atoms with E-state index in [1.165, 1.54) is 12.8 Å². The molecule has 0 bridgehead atoms. The van der Waals surface area contributed by atoms with Gasteiger partial charge in [0, 0.05) is 16.1 Å². The van der Waals surface area contributed by atoms with Crippen LogP contribution >= 0.6 is 15.9 Å². The Bertz CT molecular complexity index is 852. The molecule has 1 saturated carbocycles. The highest BCUT2D eigenvalue weighted by molar-refractivity contribution is 9.10. The molecule has 0 aliphatic heterocycles. The Hall–Kier alpha value is -2.21. The van der Waals surface area contributed by atoms with Crippen LogP contribution in [0, 0.1) is 0 Å². The molecule has 6 heteroatoms. The zero-order valence-corrected chi connectivity index (χ0v) is 13.2. The Kier molecular flexibility index (Phi) is 3.18. The normalized spacial score (nSPS) is 14.2. The lowest BCUT2D eigenvalue weighted by Gasteiger charge is -2.04. The van der Waals surface area contributed by atoms with Gasteiger partial charge in [0.05, 0.1) is 11.9 Å². The highest BCUT2D eigenvalue weighted by atomic mass is 79.9. The van der Waals surface area contributed by atoms with E-state index in [9.17, 15) is 4.79 Å². The lowest BCUT2D eigenvalue weighted by Crippen LogP contribution is -2.15. The minimum atomic E-state index is -0.231. The van der Waals surface area contributed by atoms with Gasteiger partial charge < -0.3 is 5.32 Å². The first kappa shape index (κ1) is 13.5. The van der Waals surface area contributed by atoms with E-state index in [-0.39, 0.29) is 5.91 Å². The quantitative estimate of drug-likeness (QED) is 0.779. The SMILES string of the molecule is O=C(Nc1ccc(Br)cc1)c1ccc2nc(C3CC3)cn2n1. The zero-order chi connectivity index (χ0) is 15.1. The van der Waals surface area contributed by atoms with Gasteiger partial charge in [-0.2, -0.15) is 5.10 Å². The van der Waals surface area contributed by atoms with Gasteiger partial charge in [-0.25, -0.2) is 9.50 Å². The van der Waals surface area contributed by atoms with Gasteiger partial charge in [0.25, 0.3) is 5.91 Å². The minimum absolute atomic E-state index is 0.231. The smallest absolute Gasteiger partial charge is 0.276 e. The van der Waals surface area contributed by atoms with Crippen molar-refractivity contribution < 1.29 is 4.79 Å². The minimum Gasteiger partial charge on any atom is -0.321 e. The molecule has 0 radical (unpaired) electrons. The molecule has 0 unspecified atom stereocenters. The second-order valence-corrected chi connectivity index (χ2v) is 6.34. The number of carbonyl (C=O) groups is 1. The second-order valence-electron chi connectivity index (χ2n) is 5.42. The van der Waals surface area contributed by atoms with Gasteiger partial charge >= 0.3 is 0 Å². The summed E-state index contributed by atoms with van der Waals surface area (Å²) < 4.78 is 2.65. The Balaban J connectivity index is 1.59. The van der Waals surface area contributed by atoms with E-state index in [4.69, 9.17) is 0 Å². The monoisotopic (exact) mass is 356 g/mol. The number of nitrogens with one attached hydrogen (secondary N) is 1. The Morgan fingerprint density at radius 1 is 1.18 bits per heavy atom. The zero-order valence-electron chi connectivity index (χ0n) is 11.7. The summed E-state index contributed by atoms with van der Waals surface area (Å²) in [5.74, 6) is 0.340. The van der Waals surface area contributed by atoms with Crippen LogP contribution in [0.3, 0.4) is 0 Å².